The SMILES string of the molecule is COc1ccccc1-c1nnc(SCC(=O)/C(C#N)=C(\C)N)n1CCc1ccccc1. The fourth-order valence-corrected chi connectivity index (χ4v) is 3.92. The van der Waals surface area contributed by atoms with Gasteiger partial charge in [0.25, 0.3) is 0 Å². The maximum atomic E-state index is 12.4. The number of thioether (sulfide) groups is 1. The highest BCUT2D eigenvalue weighted by atomic mass is 32.2. The first-order valence-corrected chi connectivity index (χ1v) is 10.7. The molecule has 3 rings (SSSR count). The number of benzene rings is 2. The Hall–Kier alpha value is -3.57. The number of ketones is 1. The second-order valence-corrected chi connectivity index (χ2v) is 7.72. The molecule has 0 aliphatic carbocycles. The summed E-state index contributed by atoms with van der Waals surface area (Å²) in [6.07, 6.45) is 0.772. The highest BCUT2D eigenvalue weighted by Gasteiger charge is 2.19. The largest absolute Gasteiger partial charge is 0.496 e. The van der Waals surface area contributed by atoms with Gasteiger partial charge in [0.15, 0.2) is 16.8 Å². The third-order valence-corrected chi connectivity index (χ3v) is 5.62. The molecule has 0 fully saturated rings. The van der Waals surface area contributed by atoms with E-state index in [-0.39, 0.29) is 22.8 Å². The molecule has 0 saturated heterocycles. The van der Waals surface area contributed by atoms with Crippen molar-refractivity contribution in [1.82, 2.24) is 14.8 Å². The highest BCUT2D eigenvalue weighted by Crippen LogP contribution is 2.31. The summed E-state index contributed by atoms with van der Waals surface area (Å²) in [5.41, 5.74) is 7.85. The van der Waals surface area contributed by atoms with Gasteiger partial charge in [-0.1, -0.05) is 54.2 Å². The zero-order chi connectivity index (χ0) is 22.2. The average Bonchev–Trinajstić information content (AvgIpc) is 3.19. The van der Waals surface area contributed by atoms with Gasteiger partial charge in [0.05, 0.1) is 18.4 Å². The lowest BCUT2D eigenvalue weighted by Gasteiger charge is -2.12. The minimum Gasteiger partial charge on any atom is -0.496 e. The lowest BCUT2D eigenvalue weighted by atomic mass is 10.1. The molecule has 1 aromatic heterocycles. The normalized spacial score (nSPS) is 11.5. The molecule has 0 saturated carbocycles. The van der Waals surface area contributed by atoms with E-state index >= 15 is 0 Å². The lowest BCUT2D eigenvalue weighted by molar-refractivity contribution is -0.112. The zero-order valence-corrected chi connectivity index (χ0v) is 18.2. The molecule has 7 nitrogen and oxygen atoms in total. The number of Topliss-reactive ketones (excluding diaryl/α,β-unsaturated/α-hetero) is 1. The fourth-order valence-electron chi connectivity index (χ4n) is 3.08. The summed E-state index contributed by atoms with van der Waals surface area (Å²) in [7, 11) is 1.61. The summed E-state index contributed by atoms with van der Waals surface area (Å²) in [4.78, 5) is 12.4. The van der Waals surface area contributed by atoms with Crippen LogP contribution in [0.1, 0.15) is 12.5 Å². The van der Waals surface area contributed by atoms with Crippen LogP contribution in [-0.4, -0.2) is 33.4 Å². The number of carbonyl (C=O) groups is 1. The number of nitrogens with two attached hydrogens (primary N) is 1. The number of nitrogens with zero attached hydrogens (tertiary/aromatic N) is 4. The molecule has 158 valence electrons. The monoisotopic (exact) mass is 433 g/mol. The van der Waals surface area contributed by atoms with Gasteiger partial charge in [-0.2, -0.15) is 5.26 Å². The maximum Gasteiger partial charge on any atom is 0.191 e. The summed E-state index contributed by atoms with van der Waals surface area (Å²) in [5.74, 6) is 1.07. The summed E-state index contributed by atoms with van der Waals surface area (Å²) < 4.78 is 7.48. The van der Waals surface area contributed by atoms with E-state index in [0.29, 0.717) is 23.3 Å². The van der Waals surface area contributed by atoms with Crippen molar-refractivity contribution in [2.75, 3.05) is 12.9 Å². The molecule has 2 N–H and O–H groups in total. The van der Waals surface area contributed by atoms with Crippen molar-refractivity contribution in [3.8, 4) is 23.2 Å². The van der Waals surface area contributed by atoms with Crippen molar-refractivity contribution in [1.29, 1.82) is 5.26 Å². The second kappa shape index (κ2) is 10.5. The molecule has 31 heavy (non-hydrogen) atoms. The summed E-state index contributed by atoms with van der Waals surface area (Å²) in [6.45, 7) is 2.17. The Morgan fingerprint density at radius 2 is 1.87 bits per heavy atom. The van der Waals surface area contributed by atoms with E-state index < -0.39 is 0 Å². The number of rotatable bonds is 9. The Morgan fingerprint density at radius 3 is 2.55 bits per heavy atom. The van der Waals surface area contributed by atoms with Gasteiger partial charge in [0.2, 0.25) is 0 Å². The highest BCUT2D eigenvalue weighted by molar-refractivity contribution is 7.99. The number of allylic oxidation sites excluding steroid dienone is 2. The van der Waals surface area contributed by atoms with Gasteiger partial charge in [-0.05, 0) is 31.0 Å². The van der Waals surface area contributed by atoms with Crippen molar-refractivity contribution < 1.29 is 9.53 Å². The molecule has 0 aliphatic heterocycles. The van der Waals surface area contributed by atoms with Crippen LogP contribution in [0.4, 0.5) is 0 Å². The first-order valence-electron chi connectivity index (χ1n) is 9.68. The van der Waals surface area contributed by atoms with Crippen LogP contribution in [0.5, 0.6) is 5.75 Å². The minimum absolute atomic E-state index is 0.0206. The molecule has 3 aromatic rings. The van der Waals surface area contributed by atoms with Crippen LogP contribution >= 0.6 is 11.8 Å². The molecule has 2 aromatic carbocycles. The smallest absolute Gasteiger partial charge is 0.191 e. The molecular formula is C23H23N5O2S. The van der Waals surface area contributed by atoms with E-state index in [0.717, 1.165) is 12.0 Å². The van der Waals surface area contributed by atoms with Gasteiger partial charge in [-0.3, -0.25) is 4.79 Å². The average molecular weight is 434 g/mol. The standard InChI is InChI=1S/C23H23N5O2S/c1-16(25)19(14-24)20(29)15-31-23-27-26-22(18-10-6-7-11-21(18)30-2)28(23)13-12-17-8-4-3-5-9-17/h3-11H,12-13,15,25H2,1-2H3/b19-16+. The van der Waals surface area contributed by atoms with E-state index in [2.05, 4.69) is 22.3 Å². The third-order valence-electron chi connectivity index (χ3n) is 4.65. The Kier molecular flexibility index (Phi) is 7.46. The molecule has 0 unspecified atom stereocenters. The van der Waals surface area contributed by atoms with E-state index in [4.69, 9.17) is 10.5 Å². The predicted octanol–water partition coefficient (Wildman–Crippen LogP) is 3.61. The third kappa shape index (κ3) is 5.32. The number of aromatic nitrogens is 3. The Labute approximate surface area is 185 Å². The molecule has 0 amide bonds. The first-order chi connectivity index (χ1) is 15.0. The summed E-state index contributed by atoms with van der Waals surface area (Å²) in [6, 6.07) is 19.6. The molecule has 0 atom stereocenters. The molecule has 0 radical (unpaired) electrons. The van der Waals surface area contributed by atoms with Gasteiger partial charge in [-0.15, -0.1) is 10.2 Å². The topological polar surface area (TPSA) is 107 Å². The van der Waals surface area contributed by atoms with Crippen molar-refractivity contribution in [3.63, 3.8) is 0 Å². The Morgan fingerprint density at radius 1 is 1.16 bits per heavy atom. The van der Waals surface area contributed by atoms with Gasteiger partial charge >= 0.3 is 0 Å². The van der Waals surface area contributed by atoms with Crippen LogP contribution in [0.25, 0.3) is 11.4 Å². The predicted molar refractivity (Wildman–Crippen MR) is 120 cm³/mol. The van der Waals surface area contributed by atoms with E-state index in [1.807, 2.05) is 53.1 Å². The maximum absolute atomic E-state index is 12.4. The minimum atomic E-state index is -0.330. The number of methoxy groups -OCH3 is 1. The number of aryl methyl sites for hydroxylation is 1. The number of ether oxygens (including phenoxy) is 1. The Bertz CT molecular complexity index is 1130. The second-order valence-electron chi connectivity index (χ2n) is 6.78. The van der Waals surface area contributed by atoms with E-state index in [1.54, 1.807) is 14.0 Å². The van der Waals surface area contributed by atoms with E-state index in [9.17, 15) is 10.1 Å². The fraction of sp³-hybridized carbons (Fsp3) is 0.217. The Balaban J connectivity index is 1.92. The van der Waals surface area contributed by atoms with Crippen LogP contribution < -0.4 is 10.5 Å². The molecule has 1 heterocycles. The van der Waals surface area contributed by atoms with Crippen LogP contribution in [0.15, 0.2) is 71.0 Å². The van der Waals surface area contributed by atoms with Gasteiger partial charge in [0, 0.05) is 12.2 Å². The van der Waals surface area contributed by atoms with Crippen LogP contribution in [0.3, 0.4) is 0 Å². The molecule has 0 spiro atoms. The lowest BCUT2D eigenvalue weighted by Crippen LogP contribution is -2.11. The molecule has 0 bridgehead atoms. The van der Waals surface area contributed by atoms with Crippen molar-refractivity contribution in [3.05, 3.63) is 71.4 Å². The summed E-state index contributed by atoms with van der Waals surface area (Å²) in [5, 5.41) is 18.5. The van der Waals surface area contributed by atoms with Gasteiger partial charge in [-0.25, -0.2) is 0 Å². The molecular weight excluding hydrogens is 410 g/mol. The number of nitriles is 1. The van der Waals surface area contributed by atoms with Gasteiger partial charge in [0.1, 0.15) is 17.4 Å². The van der Waals surface area contributed by atoms with Crippen LogP contribution in [0, 0.1) is 11.3 Å². The van der Waals surface area contributed by atoms with Crippen LogP contribution in [-0.2, 0) is 17.8 Å². The van der Waals surface area contributed by atoms with Gasteiger partial charge < -0.3 is 15.0 Å². The molecule has 8 heteroatoms. The number of hydrogen-bond donors (Lipinski definition) is 1. The quantitative estimate of drug-likeness (QED) is 0.312. The number of para-hydroxylation sites is 1. The zero-order valence-electron chi connectivity index (χ0n) is 17.4. The van der Waals surface area contributed by atoms with Crippen molar-refractivity contribution in [2.24, 2.45) is 5.73 Å². The summed E-state index contributed by atoms with van der Waals surface area (Å²) >= 11 is 1.24. The van der Waals surface area contributed by atoms with Crippen molar-refractivity contribution in [2.45, 2.75) is 25.0 Å². The number of carbonyl (C=O) groups excluding carboxylic acids is 1. The van der Waals surface area contributed by atoms with Crippen molar-refractivity contribution >= 4 is 17.5 Å². The first kappa shape index (κ1) is 22.1. The van der Waals surface area contributed by atoms with Crippen LogP contribution in [0.2, 0.25) is 0 Å². The number of hydrogen-bond acceptors (Lipinski definition) is 7. The van der Waals surface area contributed by atoms with E-state index in [1.165, 1.54) is 17.3 Å². The molecule has 0 aliphatic rings.